The summed E-state index contributed by atoms with van der Waals surface area (Å²) in [7, 11) is -4.15. The van der Waals surface area contributed by atoms with E-state index in [4.69, 9.17) is 0 Å². The Labute approximate surface area is 169 Å². The highest BCUT2D eigenvalue weighted by Gasteiger charge is 2.31. The lowest BCUT2D eigenvalue weighted by atomic mass is 9.99. The van der Waals surface area contributed by atoms with Crippen LogP contribution in [0.5, 0.6) is 0 Å². The molecule has 0 fully saturated rings. The van der Waals surface area contributed by atoms with Crippen molar-refractivity contribution in [2.45, 2.75) is 30.3 Å². The first kappa shape index (κ1) is 20.8. The highest BCUT2D eigenvalue weighted by atomic mass is 32.2. The van der Waals surface area contributed by atoms with Crippen LogP contribution in [0, 0.1) is 5.82 Å². The molecular weight excluding hydrogens is 399 g/mol. The first-order valence-corrected chi connectivity index (χ1v) is 11.9. The lowest BCUT2D eigenvalue weighted by Gasteiger charge is -2.32. The number of amides is 1. The molecule has 1 aliphatic heterocycles. The van der Waals surface area contributed by atoms with Gasteiger partial charge in [0.25, 0.3) is 0 Å². The van der Waals surface area contributed by atoms with Gasteiger partial charge in [-0.15, -0.1) is 0 Å². The Balaban J connectivity index is 1.80. The number of nitrogens with one attached hydrogen (secondary N) is 1. The molecule has 2 aromatic rings. The molecule has 0 saturated carbocycles. The third-order valence-corrected chi connectivity index (χ3v) is 6.92. The Morgan fingerprint density at radius 3 is 2.57 bits per heavy atom. The van der Waals surface area contributed by atoms with Gasteiger partial charge in [-0.2, -0.15) is 16.5 Å². The number of carbonyl (C=O) groups excluding carboxylic acids is 1. The van der Waals surface area contributed by atoms with Crippen molar-refractivity contribution in [3.05, 3.63) is 65.5 Å². The summed E-state index contributed by atoms with van der Waals surface area (Å²) in [6.45, 7) is 0.985. The van der Waals surface area contributed by atoms with Crippen LogP contribution >= 0.6 is 11.8 Å². The summed E-state index contributed by atoms with van der Waals surface area (Å²) in [5.41, 5.74) is 2.28. The largest absolute Gasteiger partial charge is 0.337 e. The summed E-state index contributed by atoms with van der Waals surface area (Å²) in [6.07, 6.45) is 2.97. The zero-order valence-corrected chi connectivity index (χ0v) is 17.2. The quantitative estimate of drug-likeness (QED) is 0.745. The van der Waals surface area contributed by atoms with Crippen molar-refractivity contribution in [1.82, 2.24) is 9.62 Å². The van der Waals surface area contributed by atoms with Crippen LogP contribution in [0.15, 0.2) is 53.4 Å². The SMILES string of the molecule is CSCCC(NS(=O)(=O)c1ccccc1F)C(=O)N1CCc2ccccc2C1. The van der Waals surface area contributed by atoms with E-state index < -0.39 is 26.8 Å². The Bertz CT molecular complexity index is 950. The molecule has 0 aliphatic carbocycles. The molecule has 5 nitrogen and oxygen atoms in total. The molecule has 1 N–H and O–H groups in total. The van der Waals surface area contributed by atoms with Crippen LogP contribution in [0.1, 0.15) is 17.5 Å². The van der Waals surface area contributed by atoms with Crippen LogP contribution in [0.4, 0.5) is 4.39 Å². The Morgan fingerprint density at radius 2 is 1.86 bits per heavy atom. The van der Waals surface area contributed by atoms with Gasteiger partial charge < -0.3 is 4.90 Å². The number of nitrogens with zero attached hydrogens (tertiary/aromatic N) is 1. The standard InChI is InChI=1S/C20H23FN2O3S2/c1-27-13-11-18(22-28(25,26)19-9-5-4-8-17(19)21)20(24)23-12-10-15-6-2-3-7-16(15)14-23/h2-9,18,22H,10-14H2,1H3. The van der Waals surface area contributed by atoms with Gasteiger partial charge in [0.15, 0.2) is 0 Å². The van der Waals surface area contributed by atoms with Gasteiger partial charge in [0.05, 0.1) is 0 Å². The number of fused-ring (bicyclic) bond motifs is 1. The number of halogens is 1. The minimum Gasteiger partial charge on any atom is -0.337 e. The fourth-order valence-corrected chi connectivity index (χ4v) is 5.06. The average molecular weight is 423 g/mol. The summed E-state index contributed by atoms with van der Waals surface area (Å²) in [6, 6.07) is 12.2. The van der Waals surface area contributed by atoms with Gasteiger partial charge in [-0.1, -0.05) is 36.4 Å². The molecule has 2 aromatic carbocycles. The maximum Gasteiger partial charge on any atom is 0.244 e. The molecule has 3 rings (SSSR count). The fourth-order valence-electron chi connectivity index (χ4n) is 3.29. The van der Waals surface area contributed by atoms with Crippen molar-refractivity contribution in [3.8, 4) is 0 Å². The number of benzene rings is 2. The maximum atomic E-state index is 14.0. The Hall–Kier alpha value is -1.90. The molecule has 0 bridgehead atoms. The van der Waals surface area contributed by atoms with E-state index >= 15 is 0 Å². The molecule has 0 radical (unpaired) electrons. The third-order valence-electron chi connectivity index (χ3n) is 4.77. The van der Waals surface area contributed by atoms with Crippen LogP contribution in [0.2, 0.25) is 0 Å². The first-order chi connectivity index (χ1) is 13.4. The van der Waals surface area contributed by atoms with Crippen LogP contribution in [0.25, 0.3) is 0 Å². The van der Waals surface area contributed by atoms with Gasteiger partial charge in [0.2, 0.25) is 15.9 Å². The molecule has 0 aromatic heterocycles. The van der Waals surface area contributed by atoms with Gasteiger partial charge in [-0.25, -0.2) is 12.8 Å². The first-order valence-electron chi connectivity index (χ1n) is 9.04. The van der Waals surface area contributed by atoms with E-state index in [0.29, 0.717) is 25.3 Å². The molecule has 28 heavy (non-hydrogen) atoms. The average Bonchev–Trinajstić information content (AvgIpc) is 2.70. The van der Waals surface area contributed by atoms with Crippen molar-refractivity contribution < 1.29 is 17.6 Å². The predicted molar refractivity (Wildman–Crippen MR) is 109 cm³/mol. The van der Waals surface area contributed by atoms with E-state index in [2.05, 4.69) is 4.72 Å². The second-order valence-electron chi connectivity index (χ2n) is 6.66. The van der Waals surface area contributed by atoms with E-state index in [1.807, 2.05) is 30.5 Å². The molecule has 0 saturated heterocycles. The molecular formula is C20H23FN2O3S2. The number of thioether (sulfide) groups is 1. The summed E-state index contributed by atoms with van der Waals surface area (Å²) in [4.78, 5) is 14.3. The third kappa shape index (κ3) is 4.74. The van der Waals surface area contributed by atoms with Gasteiger partial charge in [-0.3, -0.25) is 4.79 Å². The second kappa shape index (κ2) is 9.07. The lowest BCUT2D eigenvalue weighted by Crippen LogP contribution is -2.50. The highest BCUT2D eigenvalue weighted by Crippen LogP contribution is 2.21. The number of hydrogen-bond acceptors (Lipinski definition) is 4. The van der Waals surface area contributed by atoms with E-state index in [9.17, 15) is 17.6 Å². The van der Waals surface area contributed by atoms with Gasteiger partial charge in [-0.05, 0) is 48.1 Å². The van der Waals surface area contributed by atoms with E-state index in [1.54, 1.807) is 4.90 Å². The maximum absolute atomic E-state index is 14.0. The minimum absolute atomic E-state index is 0.275. The number of sulfonamides is 1. The number of rotatable bonds is 7. The van der Waals surface area contributed by atoms with Crippen LogP contribution < -0.4 is 4.72 Å². The second-order valence-corrected chi connectivity index (χ2v) is 9.33. The summed E-state index contributed by atoms with van der Waals surface area (Å²) in [5, 5.41) is 0. The van der Waals surface area contributed by atoms with E-state index in [1.165, 1.54) is 35.5 Å². The normalized spacial score (nSPS) is 15.1. The van der Waals surface area contributed by atoms with Crippen molar-refractivity contribution in [3.63, 3.8) is 0 Å². The zero-order valence-electron chi connectivity index (χ0n) is 15.6. The Kier molecular flexibility index (Phi) is 6.74. The number of carbonyl (C=O) groups is 1. The lowest BCUT2D eigenvalue weighted by molar-refractivity contribution is -0.134. The van der Waals surface area contributed by atoms with Crippen molar-refractivity contribution in [2.75, 3.05) is 18.6 Å². The van der Waals surface area contributed by atoms with Crippen LogP contribution in [-0.4, -0.2) is 43.8 Å². The molecule has 0 spiro atoms. The van der Waals surface area contributed by atoms with Crippen molar-refractivity contribution >= 4 is 27.7 Å². The molecule has 150 valence electrons. The van der Waals surface area contributed by atoms with Crippen LogP contribution in [-0.2, 0) is 27.8 Å². The smallest absolute Gasteiger partial charge is 0.244 e. The molecule has 1 heterocycles. The summed E-state index contributed by atoms with van der Waals surface area (Å²) in [5.74, 6) is -0.498. The van der Waals surface area contributed by atoms with Gasteiger partial charge >= 0.3 is 0 Å². The highest BCUT2D eigenvalue weighted by molar-refractivity contribution is 7.98. The Morgan fingerprint density at radius 1 is 1.18 bits per heavy atom. The van der Waals surface area contributed by atoms with E-state index in [0.717, 1.165) is 18.1 Å². The minimum atomic E-state index is -4.15. The molecule has 1 amide bonds. The molecule has 1 unspecified atom stereocenters. The van der Waals surface area contributed by atoms with Crippen LogP contribution in [0.3, 0.4) is 0 Å². The summed E-state index contributed by atoms with van der Waals surface area (Å²) < 4.78 is 41.8. The van der Waals surface area contributed by atoms with Gasteiger partial charge in [0, 0.05) is 13.1 Å². The monoisotopic (exact) mass is 422 g/mol. The molecule has 1 aliphatic rings. The van der Waals surface area contributed by atoms with Crippen molar-refractivity contribution in [2.24, 2.45) is 0 Å². The molecule has 8 heteroatoms. The van der Waals surface area contributed by atoms with Crippen molar-refractivity contribution in [1.29, 1.82) is 0 Å². The fraction of sp³-hybridized carbons (Fsp3) is 0.350. The zero-order chi connectivity index (χ0) is 20.1. The molecule has 1 atom stereocenters. The topological polar surface area (TPSA) is 66.5 Å². The summed E-state index contributed by atoms with van der Waals surface area (Å²) >= 11 is 1.53. The predicted octanol–water partition coefficient (Wildman–Crippen LogP) is 2.81. The number of hydrogen-bond donors (Lipinski definition) is 1. The van der Waals surface area contributed by atoms with Gasteiger partial charge in [0.1, 0.15) is 16.8 Å². The van der Waals surface area contributed by atoms with E-state index in [-0.39, 0.29) is 5.91 Å².